The number of carbonyl (C=O) groups is 4. The fraction of sp³-hybridized carbons (Fsp3) is 0.679. The van der Waals surface area contributed by atoms with E-state index in [1.807, 2.05) is 0 Å². The van der Waals surface area contributed by atoms with E-state index in [4.69, 9.17) is 6.42 Å². The number of alkyl halides is 1. The third kappa shape index (κ3) is 4.44. The summed E-state index contributed by atoms with van der Waals surface area (Å²) in [7, 11) is 0. The zero-order valence-corrected chi connectivity index (χ0v) is 21.7. The predicted octanol–water partition coefficient (Wildman–Crippen LogP) is 0.816. The van der Waals surface area contributed by atoms with Gasteiger partial charge in [0, 0.05) is 19.0 Å². The summed E-state index contributed by atoms with van der Waals surface area (Å²) < 4.78 is 14.5. The Morgan fingerprint density at radius 3 is 2.61 bits per heavy atom. The Hall–Kier alpha value is -3.40. The first-order valence-electron chi connectivity index (χ1n) is 13.4. The molecule has 5 rings (SSSR count). The van der Waals surface area contributed by atoms with E-state index < -0.39 is 46.9 Å². The summed E-state index contributed by atoms with van der Waals surface area (Å²) >= 11 is 0. The first-order valence-corrected chi connectivity index (χ1v) is 13.4. The van der Waals surface area contributed by atoms with E-state index in [0.29, 0.717) is 19.5 Å². The van der Waals surface area contributed by atoms with Crippen LogP contribution in [0.25, 0.3) is 0 Å². The van der Waals surface area contributed by atoms with E-state index in [2.05, 4.69) is 40.1 Å². The first-order chi connectivity index (χ1) is 18.0. The lowest BCUT2D eigenvalue weighted by Gasteiger charge is -2.36. The molecule has 2 heterocycles. The summed E-state index contributed by atoms with van der Waals surface area (Å²) in [5, 5.41) is 17.8. The van der Waals surface area contributed by atoms with Crippen LogP contribution >= 0.6 is 0 Å². The topological polar surface area (TPSA) is 131 Å². The van der Waals surface area contributed by atoms with Gasteiger partial charge in [-0.2, -0.15) is 5.26 Å². The van der Waals surface area contributed by atoms with Crippen LogP contribution < -0.4 is 16.0 Å². The van der Waals surface area contributed by atoms with Gasteiger partial charge < -0.3 is 20.9 Å². The molecule has 2 saturated heterocycles. The molecule has 8 atom stereocenters. The van der Waals surface area contributed by atoms with Gasteiger partial charge in [-0.05, 0) is 69.6 Å². The van der Waals surface area contributed by atoms with Gasteiger partial charge >= 0.3 is 0 Å². The molecule has 38 heavy (non-hydrogen) atoms. The molecular weight excluding hydrogens is 489 g/mol. The van der Waals surface area contributed by atoms with Crippen molar-refractivity contribution in [2.75, 3.05) is 13.1 Å². The molecule has 10 heteroatoms. The van der Waals surface area contributed by atoms with Gasteiger partial charge in [0.15, 0.2) is 5.67 Å². The normalized spacial score (nSPS) is 33.5. The highest BCUT2D eigenvalue weighted by atomic mass is 19.1. The number of halogens is 1. The van der Waals surface area contributed by atoms with Gasteiger partial charge in [0.1, 0.15) is 18.1 Å². The largest absolute Gasteiger partial charge is 0.356 e. The molecule has 0 aromatic rings. The second-order valence-corrected chi connectivity index (χ2v) is 12.1. The van der Waals surface area contributed by atoms with Crippen LogP contribution in [0.15, 0.2) is 12.2 Å². The number of hydrogen-bond donors (Lipinski definition) is 3. The molecule has 2 saturated carbocycles. The maximum atomic E-state index is 14.5. The molecule has 3 aliphatic carbocycles. The van der Waals surface area contributed by atoms with Crippen LogP contribution in [0.3, 0.4) is 0 Å². The minimum atomic E-state index is -1.99. The van der Waals surface area contributed by atoms with Crippen molar-refractivity contribution in [3.05, 3.63) is 12.2 Å². The van der Waals surface area contributed by atoms with E-state index in [1.54, 1.807) is 13.8 Å². The second kappa shape index (κ2) is 9.41. The predicted molar refractivity (Wildman–Crippen MR) is 134 cm³/mol. The van der Waals surface area contributed by atoms with Crippen LogP contribution in [0.2, 0.25) is 0 Å². The van der Waals surface area contributed by atoms with Crippen molar-refractivity contribution < 1.29 is 23.6 Å². The van der Waals surface area contributed by atoms with Gasteiger partial charge in [0.25, 0.3) is 5.91 Å². The third-order valence-electron chi connectivity index (χ3n) is 9.22. The van der Waals surface area contributed by atoms with E-state index in [-0.39, 0.29) is 54.8 Å². The minimum absolute atomic E-state index is 0.0621. The number of likely N-dealkylation sites (tertiary alicyclic amines) is 1. The summed E-state index contributed by atoms with van der Waals surface area (Å²) in [6.45, 7) is 4.10. The maximum absolute atomic E-state index is 14.5. The fourth-order valence-electron chi connectivity index (χ4n) is 6.73. The number of fused-ring (bicyclic) bond motifs is 5. The number of allylic oxidation sites excluding steroid dienone is 2. The zero-order chi connectivity index (χ0) is 27.4. The standard InChI is InChI=1S/C28H34FN5O4/c1-4-27(2,3)22(33-26(38)28(29)8-9-28)25(37)34-14-19-15-5-6-16(11-15)20(19)21(34)24(36)32-18(13-30)12-17-7-10-31-23(17)35/h1,5-6,15-22H,7-12,14H2,2-3H3,(H,31,35)(H,32,36)(H,33,38). The summed E-state index contributed by atoms with van der Waals surface area (Å²) in [5.74, 6) is 0.511. The molecular formula is C28H34FN5O4. The summed E-state index contributed by atoms with van der Waals surface area (Å²) in [6.07, 6.45) is 11.8. The number of rotatable bonds is 8. The monoisotopic (exact) mass is 523 g/mol. The van der Waals surface area contributed by atoms with Gasteiger partial charge in [-0.1, -0.05) is 18.1 Å². The smallest absolute Gasteiger partial charge is 0.258 e. The number of hydrogen-bond acceptors (Lipinski definition) is 5. The lowest BCUT2D eigenvalue weighted by Crippen LogP contribution is -2.60. The number of nitrogens with one attached hydrogen (secondary N) is 3. The molecule has 2 bridgehead atoms. The maximum Gasteiger partial charge on any atom is 0.258 e. The van der Waals surface area contributed by atoms with Crippen LogP contribution in [-0.4, -0.2) is 65.4 Å². The third-order valence-corrected chi connectivity index (χ3v) is 9.22. The van der Waals surface area contributed by atoms with Crippen molar-refractivity contribution in [3.8, 4) is 18.4 Å². The number of nitriles is 1. The highest BCUT2D eigenvalue weighted by Crippen LogP contribution is 2.54. The molecule has 4 fully saturated rings. The highest BCUT2D eigenvalue weighted by Gasteiger charge is 2.60. The molecule has 0 aromatic heterocycles. The van der Waals surface area contributed by atoms with Gasteiger partial charge in [0.05, 0.1) is 11.5 Å². The van der Waals surface area contributed by atoms with Crippen LogP contribution in [0, 0.1) is 58.7 Å². The summed E-state index contributed by atoms with van der Waals surface area (Å²) in [6, 6.07) is -0.883. The van der Waals surface area contributed by atoms with Crippen LogP contribution in [0.4, 0.5) is 4.39 Å². The first kappa shape index (κ1) is 26.2. The molecule has 0 radical (unpaired) electrons. The van der Waals surface area contributed by atoms with Crippen molar-refractivity contribution in [2.45, 2.75) is 69.7 Å². The molecule has 5 aliphatic rings. The van der Waals surface area contributed by atoms with E-state index in [0.717, 1.165) is 6.42 Å². The minimum Gasteiger partial charge on any atom is -0.356 e. The lowest BCUT2D eigenvalue weighted by atomic mass is 9.81. The van der Waals surface area contributed by atoms with E-state index in [1.165, 1.54) is 4.90 Å². The molecule has 8 unspecified atom stereocenters. The Morgan fingerprint density at radius 2 is 2.00 bits per heavy atom. The molecule has 0 aromatic carbocycles. The summed E-state index contributed by atoms with van der Waals surface area (Å²) in [5.41, 5.74) is -3.13. The fourth-order valence-corrected chi connectivity index (χ4v) is 6.73. The number of terminal acetylenes is 1. The molecule has 2 aliphatic heterocycles. The number of carbonyl (C=O) groups excluding carboxylic acids is 4. The zero-order valence-electron chi connectivity index (χ0n) is 21.7. The van der Waals surface area contributed by atoms with Crippen LogP contribution in [-0.2, 0) is 19.2 Å². The van der Waals surface area contributed by atoms with Crippen molar-refractivity contribution >= 4 is 23.6 Å². The van der Waals surface area contributed by atoms with Crippen molar-refractivity contribution in [1.29, 1.82) is 5.26 Å². The molecule has 4 amide bonds. The lowest BCUT2D eigenvalue weighted by molar-refractivity contribution is -0.145. The Labute approximate surface area is 221 Å². The quantitative estimate of drug-likeness (QED) is 0.320. The SMILES string of the molecule is C#CC(C)(C)C(NC(=O)C1(F)CC1)C(=O)N1CC2C3C=CC(C3)C2C1C(=O)NC(C#N)CC1CCNC1=O. The Balaban J connectivity index is 1.40. The van der Waals surface area contributed by atoms with Crippen LogP contribution in [0.1, 0.15) is 46.0 Å². The Morgan fingerprint density at radius 1 is 1.29 bits per heavy atom. The molecule has 0 spiro atoms. The van der Waals surface area contributed by atoms with Gasteiger partial charge in [0.2, 0.25) is 17.7 Å². The molecule has 3 N–H and O–H groups in total. The van der Waals surface area contributed by atoms with Gasteiger partial charge in [-0.15, -0.1) is 6.42 Å². The van der Waals surface area contributed by atoms with Crippen molar-refractivity contribution in [3.63, 3.8) is 0 Å². The Bertz CT molecular complexity index is 1160. The molecule has 9 nitrogen and oxygen atoms in total. The second-order valence-electron chi connectivity index (χ2n) is 12.1. The number of nitrogens with zero attached hydrogens (tertiary/aromatic N) is 2. The van der Waals surface area contributed by atoms with Crippen molar-refractivity contribution in [2.24, 2.45) is 35.0 Å². The van der Waals surface area contributed by atoms with E-state index in [9.17, 15) is 28.8 Å². The van der Waals surface area contributed by atoms with Gasteiger partial charge in [-0.3, -0.25) is 19.2 Å². The average molecular weight is 524 g/mol. The average Bonchev–Trinajstić information content (AvgIpc) is 3.31. The van der Waals surface area contributed by atoms with Crippen LogP contribution in [0.5, 0.6) is 0 Å². The number of amides is 4. The van der Waals surface area contributed by atoms with Gasteiger partial charge in [-0.25, -0.2) is 4.39 Å². The van der Waals surface area contributed by atoms with Crippen molar-refractivity contribution in [1.82, 2.24) is 20.9 Å². The molecule has 202 valence electrons. The summed E-state index contributed by atoms with van der Waals surface area (Å²) in [4.78, 5) is 54.0. The Kier molecular flexibility index (Phi) is 6.49. The van der Waals surface area contributed by atoms with E-state index >= 15 is 0 Å². The highest BCUT2D eigenvalue weighted by molar-refractivity contribution is 5.96.